The van der Waals surface area contributed by atoms with Crippen LogP contribution in [0.5, 0.6) is 0 Å². The van der Waals surface area contributed by atoms with Gasteiger partial charge in [0.1, 0.15) is 6.61 Å². The molecule has 4 heteroatoms. The first kappa shape index (κ1) is 16.4. The van der Waals surface area contributed by atoms with E-state index >= 15 is 0 Å². The van der Waals surface area contributed by atoms with E-state index in [1.165, 1.54) is 12.8 Å². The summed E-state index contributed by atoms with van der Waals surface area (Å²) in [6.45, 7) is 11.5. The average Bonchev–Trinajstić information content (AvgIpc) is 2.35. The third kappa shape index (κ3) is 6.92. The molecule has 112 valence electrons. The average molecular weight is 270 g/mol. The van der Waals surface area contributed by atoms with E-state index in [1.54, 1.807) is 0 Å². The Morgan fingerprint density at radius 3 is 2.58 bits per heavy atom. The number of carbonyl (C=O) groups is 1. The summed E-state index contributed by atoms with van der Waals surface area (Å²) in [6, 6.07) is 0.160. The fourth-order valence-electron chi connectivity index (χ4n) is 2.08. The van der Waals surface area contributed by atoms with E-state index in [0.717, 1.165) is 25.4 Å². The topological polar surface area (TPSA) is 50.4 Å². The molecule has 1 heterocycles. The highest BCUT2D eigenvalue weighted by Crippen LogP contribution is 2.18. The Kier molecular flexibility index (Phi) is 6.80. The van der Waals surface area contributed by atoms with Crippen molar-refractivity contribution in [1.82, 2.24) is 10.6 Å². The number of carbonyl (C=O) groups excluding carboxylic acids is 1. The summed E-state index contributed by atoms with van der Waals surface area (Å²) in [5.74, 6) is 0.755. The second-order valence-corrected chi connectivity index (χ2v) is 6.69. The van der Waals surface area contributed by atoms with Crippen molar-refractivity contribution >= 4 is 5.91 Å². The van der Waals surface area contributed by atoms with Crippen molar-refractivity contribution in [3.63, 3.8) is 0 Å². The molecule has 1 amide bonds. The summed E-state index contributed by atoms with van der Waals surface area (Å²) >= 11 is 0. The molecule has 0 saturated carbocycles. The predicted molar refractivity (Wildman–Crippen MR) is 78.1 cm³/mol. The van der Waals surface area contributed by atoms with Crippen molar-refractivity contribution < 1.29 is 9.53 Å². The molecule has 0 aromatic carbocycles. The first-order chi connectivity index (χ1) is 8.89. The Bertz CT molecular complexity index is 268. The van der Waals surface area contributed by atoms with Gasteiger partial charge in [0.05, 0.1) is 0 Å². The van der Waals surface area contributed by atoms with E-state index in [-0.39, 0.29) is 24.0 Å². The van der Waals surface area contributed by atoms with Crippen LogP contribution in [0.2, 0.25) is 0 Å². The van der Waals surface area contributed by atoms with Crippen LogP contribution in [-0.2, 0) is 9.53 Å². The zero-order chi connectivity index (χ0) is 14.3. The summed E-state index contributed by atoms with van der Waals surface area (Å²) in [7, 11) is 0. The van der Waals surface area contributed by atoms with Gasteiger partial charge in [0.25, 0.3) is 0 Å². The van der Waals surface area contributed by atoms with Gasteiger partial charge in [0, 0.05) is 12.6 Å². The van der Waals surface area contributed by atoms with Crippen LogP contribution in [0.4, 0.5) is 0 Å². The molecule has 1 unspecified atom stereocenters. The number of ether oxygens (including phenoxy) is 1. The number of hydrogen-bond donors (Lipinski definition) is 2. The summed E-state index contributed by atoms with van der Waals surface area (Å²) in [6.07, 6.45) is 3.54. The zero-order valence-corrected chi connectivity index (χ0v) is 12.9. The number of amides is 1. The maximum absolute atomic E-state index is 11.7. The lowest BCUT2D eigenvalue weighted by atomic mass is 9.88. The highest BCUT2D eigenvalue weighted by atomic mass is 16.5. The Morgan fingerprint density at radius 1 is 1.37 bits per heavy atom. The standard InChI is InChI=1S/C15H30N2O2/c1-12(15(2,3)4)17-14(18)11-19-10-7-13-5-8-16-9-6-13/h12-13,16H,5-11H2,1-4H3,(H,17,18). The molecule has 0 aliphatic carbocycles. The molecule has 2 N–H and O–H groups in total. The van der Waals surface area contributed by atoms with Crippen molar-refractivity contribution in [3.05, 3.63) is 0 Å². The number of hydrogen-bond acceptors (Lipinski definition) is 3. The molecule has 1 aliphatic heterocycles. The normalized spacial score (nSPS) is 19.2. The molecular formula is C15H30N2O2. The first-order valence-electron chi connectivity index (χ1n) is 7.47. The van der Waals surface area contributed by atoms with E-state index in [9.17, 15) is 4.79 Å². The van der Waals surface area contributed by atoms with Gasteiger partial charge >= 0.3 is 0 Å². The quantitative estimate of drug-likeness (QED) is 0.725. The van der Waals surface area contributed by atoms with Crippen molar-refractivity contribution in [2.24, 2.45) is 11.3 Å². The molecule has 0 bridgehead atoms. The Balaban J connectivity index is 2.07. The minimum absolute atomic E-state index is 0.00673. The van der Waals surface area contributed by atoms with Crippen LogP contribution in [0.3, 0.4) is 0 Å². The molecule has 0 spiro atoms. The maximum atomic E-state index is 11.7. The van der Waals surface area contributed by atoms with E-state index in [4.69, 9.17) is 4.74 Å². The van der Waals surface area contributed by atoms with Gasteiger partial charge in [-0.05, 0) is 50.6 Å². The van der Waals surface area contributed by atoms with E-state index in [1.807, 2.05) is 6.92 Å². The first-order valence-corrected chi connectivity index (χ1v) is 7.47. The number of rotatable bonds is 6. The molecule has 0 radical (unpaired) electrons. The zero-order valence-electron chi connectivity index (χ0n) is 12.9. The molecule has 1 saturated heterocycles. The van der Waals surface area contributed by atoms with Crippen LogP contribution in [0, 0.1) is 11.3 Å². The van der Waals surface area contributed by atoms with Gasteiger partial charge in [-0.2, -0.15) is 0 Å². The summed E-state index contributed by atoms with van der Waals surface area (Å²) in [4.78, 5) is 11.7. The van der Waals surface area contributed by atoms with Crippen LogP contribution in [0.25, 0.3) is 0 Å². The van der Waals surface area contributed by atoms with E-state index in [2.05, 4.69) is 31.4 Å². The SMILES string of the molecule is CC(NC(=O)COCCC1CCNCC1)C(C)(C)C. The Hall–Kier alpha value is -0.610. The summed E-state index contributed by atoms with van der Waals surface area (Å²) in [5, 5.41) is 6.34. The lowest BCUT2D eigenvalue weighted by Gasteiger charge is -2.28. The Labute approximate surface area is 117 Å². The van der Waals surface area contributed by atoms with Crippen LogP contribution >= 0.6 is 0 Å². The molecule has 1 rings (SSSR count). The molecule has 0 aromatic rings. The van der Waals surface area contributed by atoms with Gasteiger partial charge in [-0.15, -0.1) is 0 Å². The number of nitrogens with one attached hydrogen (secondary N) is 2. The minimum atomic E-state index is -0.00673. The van der Waals surface area contributed by atoms with Crippen LogP contribution in [0.15, 0.2) is 0 Å². The van der Waals surface area contributed by atoms with Gasteiger partial charge < -0.3 is 15.4 Å². The summed E-state index contributed by atoms with van der Waals surface area (Å²) in [5.41, 5.74) is 0.0881. The van der Waals surface area contributed by atoms with Crippen molar-refractivity contribution in [2.45, 2.75) is 53.0 Å². The molecule has 0 aromatic heterocycles. The third-order valence-corrected chi connectivity index (χ3v) is 4.04. The second kappa shape index (κ2) is 7.85. The van der Waals surface area contributed by atoms with Crippen LogP contribution in [-0.4, -0.2) is 38.3 Å². The molecule has 4 nitrogen and oxygen atoms in total. The van der Waals surface area contributed by atoms with E-state index in [0.29, 0.717) is 6.61 Å². The lowest BCUT2D eigenvalue weighted by molar-refractivity contribution is -0.127. The Morgan fingerprint density at radius 2 is 2.00 bits per heavy atom. The second-order valence-electron chi connectivity index (χ2n) is 6.69. The van der Waals surface area contributed by atoms with Crippen LogP contribution in [0.1, 0.15) is 47.0 Å². The molecule has 1 fully saturated rings. The lowest BCUT2D eigenvalue weighted by Crippen LogP contribution is -2.43. The monoisotopic (exact) mass is 270 g/mol. The highest BCUT2D eigenvalue weighted by molar-refractivity contribution is 5.77. The van der Waals surface area contributed by atoms with Gasteiger partial charge in [0.15, 0.2) is 0 Å². The maximum Gasteiger partial charge on any atom is 0.246 e. The smallest absolute Gasteiger partial charge is 0.246 e. The number of piperidine rings is 1. The van der Waals surface area contributed by atoms with Gasteiger partial charge in [-0.1, -0.05) is 20.8 Å². The fraction of sp³-hybridized carbons (Fsp3) is 0.933. The molecular weight excluding hydrogens is 240 g/mol. The summed E-state index contributed by atoms with van der Waals surface area (Å²) < 4.78 is 5.48. The fourth-order valence-corrected chi connectivity index (χ4v) is 2.08. The third-order valence-electron chi connectivity index (χ3n) is 4.04. The highest BCUT2D eigenvalue weighted by Gasteiger charge is 2.21. The molecule has 1 aliphatic rings. The van der Waals surface area contributed by atoms with Crippen molar-refractivity contribution in [1.29, 1.82) is 0 Å². The van der Waals surface area contributed by atoms with Gasteiger partial charge in [-0.25, -0.2) is 0 Å². The van der Waals surface area contributed by atoms with Gasteiger partial charge in [-0.3, -0.25) is 4.79 Å². The van der Waals surface area contributed by atoms with Crippen molar-refractivity contribution in [2.75, 3.05) is 26.3 Å². The van der Waals surface area contributed by atoms with E-state index < -0.39 is 0 Å². The van der Waals surface area contributed by atoms with Crippen molar-refractivity contribution in [3.8, 4) is 0 Å². The predicted octanol–water partition coefficient (Wildman–Crippen LogP) is 1.94. The van der Waals surface area contributed by atoms with Gasteiger partial charge in [0.2, 0.25) is 5.91 Å². The minimum Gasteiger partial charge on any atom is -0.372 e. The van der Waals surface area contributed by atoms with Crippen LogP contribution < -0.4 is 10.6 Å². The molecule has 19 heavy (non-hydrogen) atoms. The molecule has 1 atom stereocenters. The largest absolute Gasteiger partial charge is 0.372 e.